The summed E-state index contributed by atoms with van der Waals surface area (Å²) >= 11 is 0. The van der Waals surface area contributed by atoms with E-state index in [2.05, 4.69) is 5.32 Å². The van der Waals surface area contributed by atoms with E-state index in [0.29, 0.717) is 30.8 Å². The summed E-state index contributed by atoms with van der Waals surface area (Å²) in [6.45, 7) is 1.27. The van der Waals surface area contributed by atoms with Crippen molar-refractivity contribution in [2.45, 2.75) is 19.3 Å². The fourth-order valence-corrected chi connectivity index (χ4v) is 3.41. The number of rotatable bonds is 5. The number of carbonyl (C=O) groups excluding carboxylic acids is 4. The van der Waals surface area contributed by atoms with Crippen LogP contribution in [0.5, 0.6) is 0 Å². The Morgan fingerprint density at radius 1 is 1.11 bits per heavy atom. The predicted molar refractivity (Wildman–Crippen MR) is 94.4 cm³/mol. The van der Waals surface area contributed by atoms with E-state index in [1.54, 1.807) is 29.2 Å². The number of carbonyl (C=O) groups is 4. The molecular formula is C19H20N4O4. The van der Waals surface area contributed by atoms with Crippen LogP contribution in [0.2, 0.25) is 0 Å². The van der Waals surface area contributed by atoms with Gasteiger partial charge in [0.15, 0.2) is 0 Å². The van der Waals surface area contributed by atoms with Gasteiger partial charge in [0.1, 0.15) is 13.0 Å². The number of piperidine rings is 1. The quantitative estimate of drug-likeness (QED) is 0.763. The van der Waals surface area contributed by atoms with Crippen molar-refractivity contribution in [2.75, 3.05) is 26.2 Å². The van der Waals surface area contributed by atoms with Crippen molar-refractivity contribution < 1.29 is 19.2 Å². The molecular weight excluding hydrogens is 348 g/mol. The van der Waals surface area contributed by atoms with Crippen LogP contribution in [0.3, 0.4) is 0 Å². The molecule has 1 aromatic rings. The van der Waals surface area contributed by atoms with Crippen molar-refractivity contribution >= 4 is 23.6 Å². The Kier molecular flexibility index (Phi) is 5.50. The second kappa shape index (κ2) is 7.99. The van der Waals surface area contributed by atoms with Gasteiger partial charge in [0.25, 0.3) is 11.8 Å². The molecule has 2 heterocycles. The Morgan fingerprint density at radius 3 is 2.26 bits per heavy atom. The molecule has 27 heavy (non-hydrogen) atoms. The Morgan fingerprint density at radius 2 is 1.70 bits per heavy atom. The van der Waals surface area contributed by atoms with E-state index in [1.807, 2.05) is 6.07 Å². The fourth-order valence-electron chi connectivity index (χ4n) is 3.41. The van der Waals surface area contributed by atoms with E-state index in [4.69, 9.17) is 5.26 Å². The molecule has 0 saturated carbocycles. The van der Waals surface area contributed by atoms with Crippen molar-refractivity contribution in [1.29, 1.82) is 5.26 Å². The number of likely N-dealkylation sites (tertiary alicyclic amines) is 1. The molecule has 140 valence electrons. The van der Waals surface area contributed by atoms with E-state index in [1.165, 1.54) is 0 Å². The highest BCUT2D eigenvalue weighted by atomic mass is 16.2. The third kappa shape index (κ3) is 3.97. The van der Waals surface area contributed by atoms with Crippen molar-refractivity contribution in [3.05, 3.63) is 35.4 Å². The maximum Gasteiger partial charge on any atom is 0.262 e. The van der Waals surface area contributed by atoms with E-state index >= 15 is 0 Å². The zero-order chi connectivity index (χ0) is 19.4. The minimum Gasteiger partial charge on any atom is -0.354 e. The van der Waals surface area contributed by atoms with E-state index in [0.717, 1.165) is 17.7 Å². The Labute approximate surface area is 156 Å². The van der Waals surface area contributed by atoms with Gasteiger partial charge in [-0.25, -0.2) is 0 Å². The van der Waals surface area contributed by atoms with Gasteiger partial charge in [-0.3, -0.25) is 24.1 Å². The summed E-state index contributed by atoms with van der Waals surface area (Å²) in [6.07, 6.45) is 1.37. The lowest BCUT2D eigenvalue weighted by atomic mass is 9.96. The Balaban J connectivity index is 1.45. The second-order valence-corrected chi connectivity index (χ2v) is 6.71. The number of nitrogens with zero attached hydrogens (tertiary/aromatic N) is 3. The minimum atomic E-state index is -0.449. The van der Waals surface area contributed by atoms with E-state index in [-0.39, 0.29) is 30.7 Å². The molecule has 1 saturated heterocycles. The van der Waals surface area contributed by atoms with Crippen molar-refractivity contribution in [1.82, 2.24) is 15.1 Å². The molecule has 0 unspecified atom stereocenters. The van der Waals surface area contributed by atoms with Crippen LogP contribution in [0.25, 0.3) is 0 Å². The number of hydrogen-bond donors (Lipinski definition) is 1. The maximum atomic E-state index is 12.3. The molecule has 4 amide bonds. The molecule has 0 aromatic heterocycles. The topological polar surface area (TPSA) is 111 Å². The molecule has 0 spiro atoms. The van der Waals surface area contributed by atoms with Crippen molar-refractivity contribution in [2.24, 2.45) is 5.92 Å². The molecule has 0 bridgehead atoms. The van der Waals surface area contributed by atoms with Gasteiger partial charge in [-0.15, -0.1) is 0 Å². The van der Waals surface area contributed by atoms with Gasteiger partial charge in [0.2, 0.25) is 11.8 Å². The van der Waals surface area contributed by atoms with Crippen molar-refractivity contribution in [3.8, 4) is 6.07 Å². The molecule has 2 aliphatic rings. The molecule has 2 aliphatic heterocycles. The summed E-state index contributed by atoms with van der Waals surface area (Å²) in [6, 6.07) is 8.38. The van der Waals surface area contributed by atoms with Gasteiger partial charge in [0.05, 0.1) is 17.2 Å². The van der Waals surface area contributed by atoms with Gasteiger partial charge < -0.3 is 10.2 Å². The zero-order valence-corrected chi connectivity index (χ0v) is 14.8. The van der Waals surface area contributed by atoms with Crippen LogP contribution in [-0.2, 0) is 9.59 Å². The molecule has 8 nitrogen and oxygen atoms in total. The first kappa shape index (κ1) is 18.6. The number of imide groups is 1. The summed E-state index contributed by atoms with van der Waals surface area (Å²) in [4.78, 5) is 51.0. The first-order valence-electron chi connectivity index (χ1n) is 8.88. The summed E-state index contributed by atoms with van der Waals surface area (Å²) in [5.74, 6) is -1.22. The number of nitrogens with one attached hydrogen (secondary N) is 1. The maximum absolute atomic E-state index is 12.3. The number of amides is 4. The van der Waals surface area contributed by atoms with E-state index < -0.39 is 11.8 Å². The molecule has 1 fully saturated rings. The Bertz CT molecular complexity index is 786. The van der Waals surface area contributed by atoms with Crippen LogP contribution in [0, 0.1) is 17.2 Å². The molecule has 0 aliphatic carbocycles. The average molecular weight is 368 g/mol. The van der Waals surface area contributed by atoms with Crippen LogP contribution in [-0.4, -0.2) is 59.6 Å². The molecule has 3 rings (SSSR count). The SMILES string of the molecule is N#CCC(=O)N1CCC(CNC(=O)CN2C(=O)c3ccccc3C2=O)CC1. The third-order valence-electron chi connectivity index (χ3n) is 4.97. The van der Waals surface area contributed by atoms with Gasteiger partial charge in [-0.2, -0.15) is 5.26 Å². The van der Waals surface area contributed by atoms with Crippen LogP contribution in [0.4, 0.5) is 0 Å². The average Bonchev–Trinajstić information content (AvgIpc) is 2.92. The number of nitriles is 1. The monoisotopic (exact) mass is 368 g/mol. The van der Waals surface area contributed by atoms with Gasteiger partial charge >= 0.3 is 0 Å². The Hall–Kier alpha value is -3.21. The summed E-state index contributed by atoms with van der Waals surface area (Å²) < 4.78 is 0. The third-order valence-corrected chi connectivity index (χ3v) is 4.97. The normalized spacial score (nSPS) is 16.9. The molecule has 1 N–H and O–H groups in total. The van der Waals surface area contributed by atoms with Crippen LogP contribution < -0.4 is 5.32 Å². The summed E-state index contributed by atoms with van der Waals surface area (Å²) in [7, 11) is 0. The highest BCUT2D eigenvalue weighted by Gasteiger charge is 2.36. The zero-order valence-electron chi connectivity index (χ0n) is 14.8. The van der Waals surface area contributed by atoms with Crippen LogP contribution in [0.15, 0.2) is 24.3 Å². The van der Waals surface area contributed by atoms with Crippen molar-refractivity contribution in [3.63, 3.8) is 0 Å². The van der Waals surface area contributed by atoms with Crippen LogP contribution in [0.1, 0.15) is 40.0 Å². The highest BCUT2D eigenvalue weighted by Crippen LogP contribution is 2.22. The van der Waals surface area contributed by atoms with E-state index in [9.17, 15) is 19.2 Å². The highest BCUT2D eigenvalue weighted by molar-refractivity contribution is 6.22. The van der Waals surface area contributed by atoms with Gasteiger partial charge in [-0.1, -0.05) is 12.1 Å². The number of fused-ring (bicyclic) bond motifs is 1. The van der Waals surface area contributed by atoms with Gasteiger partial charge in [-0.05, 0) is 30.9 Å². The second-order valence-electron chi connectivity index (χ2n) is 6.71. The number of benzene rings is 1. The molecule has 8 heteroatoms. The molecule has 1 aromatic carbocycles. The largest absolute Gasteiger partial charge is 0.354 e. The first-order valence-corrected chi connectivity index (χ1v) is 8.88. The minimum absolute atomic E-state index is 0.109. The van der Waals surface area contributed by atoms with Gasteiger partial charge in [0, 0.05) is 19.6 Å². The standard InChI is InChI=1S/C19H20N4O4/c20-8-5-17(25)22-9-6-13(7-10-22)11-21-16(24)12-23-18(26)14-3-1-2-4-15(14)19(23)27/h1-4,13H,5-7,9-12H2,(H,21,24). The summed E-state index contributed by atoms with van der Waals surface area (Å²) in [5, 5.41) is 11.4. The van der Waals surface area contributed by atoms with Crippen LogP contribution >= 0.6 is 0 Å². The lowest BCUT2D eigenvalue weighted by Gasteiger charge is -2.31. The smallest absolute Gasteiger partial charge is 0.262 e. The number of hydrogen-bond acceptors (Lipinski definition) is 5. The first-order chi connectivity index (χ1) is 13.0. The molecule has 0 atom stereocenters. The predicted octanol–water partition coefficient (Wildman–Crippen LogP) is 0.551. The lowest BCUT2D eigenvalue weighted by Crippen LogP contribution is -2.44. The summed E-state index contributed by atoms with van der Waals surface area (Å²) in [5.41, 5.74) is 0.648. The lowest BCUT2D eigenvalue weighted by molar-refractivity contribution is -0.131. The fraction of sp³-hybridized carbons (Fsp3) is 0.421. The molecule has 0 radical (unpaired) electrons.